The van der Waals surface area contributed by atoms with Crippen LogP contribution in [0.1, 0.15) is 12.7 Å². The third-order valence-corrected chi connectivity index (χ3v) is 3.41. The highest BCUT2D eigenvalue weighted by atomic mass is 32.1. The zero-order chi connectivity index (χ0) is 11.8. The number of benzene rings is 1. The summed E-state index contributed by atoms with van der Waals surface area (Å²) in [5.41, 5.74) is 0.505. The first kappa shape index (κ1) is 10.3. The van der Waals surface area contributed by atoms with E-state index in [9.17, 15) is 4.39 Å². The number of halogens is 1. The molecule has 0 amide bonds. The highest BCUT2D eigenvalue weighted by Gasteiger charge is 2.13. The van der Waals surface area contributed by atoms with Crippen molar-refractivity contribution < 1.29 is 4.39 Å². The van der Waals surface area contributed by atoms with E-state index in [0.29, 0.717) is 15.5 Å². The second kappa shape index (κ2) is 3.89. The molecule has 0 spiro atoms. The molecule has 0 unspecified atom stereocenters. The summed E-state index contributed by atoms with van der Waals surface area (Å²) in [6.45, 7) is 1.98. The van der Waals surface area contributed by atoms with Crippen molar-refractivity contribution in [3.8, 4) is 10.6 Å². The van der Waals surface area contributed by atoms with Crippen molar-refractivity contribution in [2.45, 2.75) is 13.3 Å². The normalized spacial score (nSPS) is 11.2. The first-order valence-corrected chi connectivity index (χ1v) is 6.07. The average molecular weight is 248 g/mol. The Morgan fingerprint density at radius 2 is 2.12 bits per heavy atom. The molecule has 0 aliphatic carbocycles. The molecule has 6 heteroatoms. The maximum absolute atomic E-state index is 13.6. The summed E-state index contributed by atoms with van der Waals surface area (Å²) in [7, 11) is 0. The summed E-state index contributed by atoms with van der Waals surface area (Å²) in [5.74, 6) is 0.523. The van der Waals surface area contributed by atoms with E-state index in [1.165, 1.54) is 17.4 Å². The molecule has 0 N–H and O–H groups in total. The van der Waals surface area contributed by atoms with Crippen LogP contribution in [0.3, 0.4) is 0 Å². The van der Waals surface area contributed by atoms with Crippen molar-refractivity contribution >= 4 is 16.3 Å². The molecule has 0 bridgehead atoms. The van der Waals surface area contributed by atoms with Crippen LogP contribution in [0, 0.1) is 5.82 Å². The molecule has 86 valence electrons. The fourth-order valence-electron chi connectivity index (χ4n) is 1.62. The van der Waals surface area contributed by atoms with Gasteiger partial charge in [-0.15, -0.1) is 10.2 Å². The Morgan fingerprint density at radius 1 is 1.29 bits per heavy atom. The quantitative estimate of drug-likeness (QED) is 0.700. The van der Waals surface area contributed by atoms with Crippen LogP contribution in [0.15, 0.2) is 24.3 Å². The van der Waals surface area contributed by atoms with Gasteiger partial charge in [0.15, 0.2) is 10.8 Å². The van der Waals surface area contributed by atoms with E-state index in [1.807, 2.05) is 6.92 Å². The predicted molar refractivity (Wildman–Crippen MR) is 63.4 cm³/mol. The van der Waals surface area contributed by atoms with Gasteiger partial charge in [-0.1, -0.05) is 30.4 Å². The molecular formula is C11H9FN4S. The van der Waals surface area contributed by atoms with Gasteiger partial charge in [-0.3, -0.25) is 0 Å². The second-order valence-corrected chi connectivity index (χ2v) is 4.51. The van der Waals surface area contributed by atoms with E-state index in [1.54, 1.807) is 22.7 Å². The van der Waals surface area contributed by atoms with Gasteiger partial charge in [0.1, 0.15) is 5.82 Å². The molecule has 2 aromatic heterocycles. The third-order valence-electron chi connectivity index (χ3n) is 2.48. The lowest BCUT2D eigenvalue weighted by Crippen LogP contribution is -1.93. The van der Waals surface area contributed by atoms with Gasteiger partial charge in [0.2, 0.25) is 4.96 Å². The number of fused-ring (bicyclic) bond motifs is 1. The minimum absolute atomic E-state index is 0.268. The molecule has 1 aromatic carbocycles. The van der Waals surface area contributed by atoms with Gasteiger partial charge < -0.3 is 0 Å². The fourth-order valence-corrected chi connectivity index (χ4v) is 2.51. The Bertz CT molecular complexity index is 673. The van der Waals surface area contributed by atoms with Gasteiger partial charge >= 0.3 is 0 Å². The van der Waals surface area contributed by atoms with Gasteiger partial charge in [-0.2, -0.15) is 9.61 Å². The van der Waals surface area contributed by atoms with Crippen LogP contribution in [0.4, 0.5) is 4.39 Å². The highest BCUT2D eigenvalue weighted by Crippen LogP contribution is 2.27. The summed E-state index contributed by atoms with van der Waals surface area (Å²) < 4.78 is 15.3. The zero-order valence-corrected chi connectivity index (χ0v) is 9.91. The summed E-state index contributed by atoms with van der Waals surface area (Å²) in [6, 6.07) is 6.60. The van der Waals surface area contributed by atoms with Crippen molar-refractivity contribution in [2.75, 3.05) is 0 Å². The van der Waals surface area contributed by atoms with Crippen LogP contribution < -0.4 is 0 Å². The number of nitrogens with zero attached hydrogens (tertiary/aromatic N) is 4. The minimum Gasteiger partial charge on any atom is -0.206 e. The lowest BCUT2D eigenvalue weighted by Gasteiger charge is -1.96. The third kappa shape index (κ3) is 1.61. The molecule has 0 radical (unpaired) electrons. The van der Waals surface area contributed by atoms with Crippen LogP contribution in [0.5, 0.6) is 0 Å². The maximum atomic E-state index is 13.6. The summed E-state index contributed by atoms with van der Waals surface area (Å²) in [5, 5.41) is 13.0. The van der Waals surface area contributed by atoms with E-state index in [-0.39, 0.29) is 5.82 Å². The summed E-state index contributed by atoms with van der Waals surface area (Å²) >= 11 is 1.34. The molecule has 3 rings (SSSR count). The van der Waals surface area contributed by atoms with Crippen molar-refractivity contribution in [3.63, 3.8) is 0 Å². The minimum atomic E-state index is -0.268. The van der Waals surface area contributed by atoms with Crippen molar-refractivity contribution in [1.29, 1.82) is 0 Å². The predicted octanol–water partition coefficient (Wildman–Crippen LogP) is 2.55. The molecule has 4 nitrogen and oxygen atoms in total. The molecule has 0 fully saturated rings. The van der Waals surface area contributed by atoms with Crippen molar-refractivity contribution in [3.05, 3.63) is 35.9 Å². The van der Waals surface area contributed by atoms with E-state index < -0.39 is 0 Å². The van der Waals surface area contributed by atoms with Gasteiger partial charge in [0.05, 0.1) is 0 Å². The lowest BCUT2D eigenvalue weighted by atomic mass is 10.2. The van der Waals surface area contributed by atoms with Crippen molar-refractivity contribution in [2.24, 2.45) is 0 Å². The van der Waals surface area contributed by atoms with E-state index in [4.69, 9.17) is 0 Å². The maximum Gasteiger partial charge on any atom is 0.234 e. The Labute approximate surface area is 101 Å². The molecule has 0 atom stereocenters. The lowest BCUT2D eigenvalue weighted by molar-refractivity contribution is 0.630. The number of hydrogen-bond acceptors (Lipinski definition) is 4. The molecule has 0 saturated carbocycles. The Hall–Kier alpha value is -1.82. The first-order chi connectivity index (χ1) is 8.29. The molecule has 2 heterocycles. The zero-order valence-electron chi connectivity index (χ0n) is 9.09. The second-order valence-electron chi connectivity index (χ2n) is 3.55. The van der Waals surface area contributed by atoms with Crippen LogP contribution in [0.2, 0.25) is 0 Å². The largest absolute Gasteiger partial charge is 0.234 e. The average Bonchev–Trinajstić information content (AvgIpc) is 2.88. The number of aryl methyl sites for hydroxylation is 1. The van der Waals surface area contributed by atoms with Gasteiger partial charge in [0.25, 0.3) is 0 Å². The van der Waals surface area contributed by atoms with Crippen molar-refractivity contribution in [1.82, 2.24) is 19.8 Å². The fraction of sp³-hybridized carbons (Fsp3) is 0.182. The topological polar surface area (TPSA) is 43.1 Å². The Balaban J connectivity index is 2.19. The molecule has 3 aromatic rings. The molecule has 0 saturated heterocycles. The summed E-state index contributed by atoms with van der Waals surface area (Å²) in [6.07, 6.45) is 0.752. The number of hydrogen-bond donors (Lipinski definition) is 0. The summed E-state index contributed by atoms with van der Waals surface area (Å²) in [4.78, 5) is 0.695. The van der Waals surface area contributed by atoms with E-state index in [0.717, 1.165) is 12.2 Å². The van der Waals surface area contributed by atoms with Crippen LogP contribution in [-0.4, -0.2) is 19.8 Å². The Morgan fingerprint density at radius 3 is 2.88 bits per heavy atom. The molecule has 17 heavy (non-hydrogen) atoms. The van der Waals surface area contributed by atoms with Crippen LogP contribution in [-0.2, 0) is 6.42 Å². The van der Waals surface area contributed by atoms with E-state index >= 15 is 0 Å². The van der Waals surface area contributed by atoms with Gasteiger partial charge in [-0.25, -0.2) is 4.39 Å². The standard InChI is InChI=1S/C11H9FN4S/c1-2-9-13-14-11-16(9)15-10(17-11)7-5-3-4-6-8(7)12/h3-6H,2H2,1H3. The van der Waals surface area contributed by atoms with Crippen LogP contribution >= 0.6 is 11.3 Å². The van der Waals surface area contributed by atoms with Gasteiger partial charge in [-0.05, 0) is 12.1 Å². The Kier molecular flexibility index (Phi) is 2.36. The number of aromatic nitrogens is 4. The number of rotatable bonds is 2. The molecule has 0 aliphatic rings. The highest BCUT2D eigenvalue weighted by molar-refractivity contribution is 7.19. The smallest absolute Gasteiger partial charge is 0.206 e. The monoisotopic (exact) mass is 248 g/mol. The molecular weight excluding hydrogens is 239 g/mol. The van der Waals surface area contributed by atoms with Crippen LogP contribution in [0.25, 0.3) is 15.5 Å². The SMILES string of the molecule is CCc1nnc2sc(-c3ccccc3F)nn12. The van der Waals surface area contributed by atoms with Gasteiger partial charge in [0, 0.05) is 12.0 Å². The van der Waals surface area contributed by atoms with E-state index in [2.05, 4.69) is 15.3 Å². The molecule has 0 aliphatic heterocycles. The first-order valence-electron chi connectivity index (χ1n) is 5.25.